The molecule has 0 saturated carbocycles. The Labute approximate surface area is 106 Å². The lowest BCUT2D eigenvalue weighted by Gasteiger charge is -1.96. The lowest BCUT2D eigenvalue weighted by molar-refractivity contribution is 1.11. The molecule has 0 fully saturated rings. The van der Waals surface area contributed by atoms with Gasteiger partial charge in [-0.2, -0.15) is 0 Å². The second-order valence-electron chi connectivity index (χ2n) is 3.79. The van der Waals surface area contributed by atoms with Gasteiger partial charge in [0.25, 0.3) is 5.56 Å². The highest BCUT2D eigenvalue weighted by Crippen LogP contribution is 2.20. The molecule has 3 nitrogen and oxygen atoms in total. The Morgan fingerprint density at radius 1 is 1.06 bits per heavy atom. The Kier molecular flexibility index (Phi) is 2.37. The maximum absolute atomic E-state index is 11.6. The monoisotopic (exact) mass is 288 g/mol. The number of pyridine rings is 1. The molecule has 2 heterocycles. The number of nitrogens with one attached hydrogen (secondary N) is 1. The third-order valence-corrected chi connectivity index (χ3v) is 3.19. The predicted molar refractivity (Wildman–Crippen MR) is 71.2 cm³/mol. The van der Waals surface area contributed by atoms with Crippen LogP contribution in [-0.4, -0.2) is 9.38 Å². The van der Waals surface area contributed by atoms with Crippen molar-refractivity contribution in [1.82, 2.24) is 9.38 Å². The van der Waals surface area contributed by atoms with E-state index in [-0.39, 0.29) is 5.56 Å². The van der Waals surface area contributed by atoms with Gasteiger partial charge in [0, 0.05) is 16.7 Å². The minimum Gasteiger partial charge on any atom is -0.340 e. The highest BCUT2D eigenvalue weighted by molar-refractivity contribution is 9.10. The van der Waals surface area contributed by atoms with E-state index in [0.29, 0.717) is 0 Å². The molecule has 3 aromatic rings. The molecule has 1 N–H and O–H groups in total. The van der Waals surface area contributed by atoms with Gasteiger partial charge in [0.05, 0.1) is 5.69 Å². The van der Waals surface area contributed by atoms with Crippen LogP contribution in [0.15, 0.2) is 57.9 Å². The summed E-state index contributed by atoms with van der Waals surface area (Å²) in [5, 5.41) is 0. The van der Waals surface area contributed by atoms with Gasteiger partial charge < -0.3 is 4.98 Å². The second-order valence-corrected chi connectivity index (χ2v) is 4.71. The lowest BCUT2D eigenvalue weighted by atomic mass is 10.2. The number of halogens is 1. The molecule has 3 rings (SSSR count). The molecule has 84 valence electrons. The van der Waals surface area contributed by atoms with E-state index >= 15 is 0 Å². The number of hydrogen-bond donors (Lipinski definition) is 1. The van der Waals surface area contributed by atoms with E-state index in [0.717, 1.165) is 21.4 Å². The molecule has 0 unspecified atom stereocenters. The number of nitrogens with zero attached hydrogens (tertiary/aromatic N) is 1. The van der Waals surface area contributed by atoms with Gasteiger partial charge in [-0.3, -0.25) is 9.20 Å². The molecule has 0 aliphatic carbocycles. The van der Waals surface area contributed by atoms with Crippen molar-refractivity contribution in [2.24, 2.45) is 0 Å². The Hall–Kier alpha value is -1.81. The van der Waals surface area contributed by atoms with Gasteiger partial charge >= 0.3 is 0 Å². The number of H-pyrrole nitrogens is 1. The van der Waals surface area contributed by atoms with Crippen molar-refractivity contribution in [2.75, 3.05) is 0 Å². The molecular formula is C13H9BrN2O. The summed E-state index contributed by atoms with van der Waals surface area (Å²) in [4.78, 5) is 14.8. The minimum absolute atomic E-state index is 0.0258. The second kappa shape index (κ2) is 3.89. The summed E-state index contributed by atoms with van der Waals surface area (Å²) in [7, 11) is 0. The summed E-state index contributed by atoms with van der Waals surface area (Å²) in [6, 6.07) is 13.1. The molecule has 0 amide bonds. The quantitative estimate of drug-likeness (QED) is 0.734. The van der Waals surface area contributed by atoms with E-state index in [9.17, 15) is 4.79 Å². The first kappa shape index (κ1) is 10.4. The van der Waals surface area contributed by atoms with Crippen molar-refractivity contribution in [3.8, 4) is 11.3 Å². The van der Waals surface area contributed by atoms with Crippen molar-refractivity contribution in [3.05, 3.63) is 63.5 Å². The summed E-state index contributed by atoms with van der Waals surface area (Å²) in [6.45, 7) is 0. The maximum atomic E-state index is 11.6. The average Bonchev–Trinajstić information content (AvgIpc) is 2.75. The van der Waals surface area contributed by atoms with Crippen LogP contribution in [0.25, 0.3) is 16.9 Å². The van der Waals surface area contributed by atoms with Gasteiger partial charge in [0.1, 0.15) is 5.65 Å². The molecule has 1 aromatic carbocycles. The number of rotatable bonds is 1. The fourth-order valence-electron chi connectivity index (χ4n) is 1.81. The van der Waals surface area contributed by atoms with E-state index < -0.39 is 0 Å². The zero-order valence-corrected chi connectivity index (χ0v) is 10.4. The topological polar surface area (TPSA) is 37.3 Å². The fourth-order valence-corrected chi connectivity index (χ4v) is 2.08. The maximum Gasteiger partial charge on any atom is 0.256 e. The summed E-state index contributed by atoms with van der Waals surface area (Å²) in [5.41, 5.74) is 2.76. The Balaban J connectivity index is 2.21. The van der Waals surface area contributed by atoms with Crippen LogP contribution in [0.1, 0.15) is 0 Å². The number of aromatic nitrogens is 2. The molecular weight excluding hydrogens is 280 g/mol. The summed E-state index contributed by atoms with van der Waals surface area (Å²) in [5.74, 6) is 0. The summed E-state index contributed by atoms with van der Waals surface area (Å²) >= 11 is 3.40. The molecule has 0 atom stereocenters. The Morgan fingerprint density at radius 2 is 1.82 bits per heavy atom. The Bertz CT molecular complexity index is 725. The van der Waals surface area contributed by atoms with Crippen molar-refractivity contribution < 1.29 is 0 Å². The lowest BCUT2D eigenvalue weighted by Crippen LogP contribution is -2.08. The van der Waals surface area contributed by atoms with Crippen LogP contribution in [-0.2, 0) is 0 Å². The normalized spacial score (nSPS) is 10.9. The molecule has 2 aromatic heterocycles. The highest BCUT2D eigenvalue weighted by atomic mass is 79.9. The molecule has 0 saturated heterocycles. The van der Waals surface area contributed by atoms with E-state index in [1.807, 2.05) is 36.5 Å². The number of benzene rings is 1. The van der Waals surface area contributed by atoms with Crippen LogP contribution in [0.3, 0.4) is 0 Å². The highest BCUT2D eigenvalue weighted by Gasteiger charge is 2.03. The predicted octanol–water partition coefficient (Wildman–Crippen LogP) is 3.06. The number of fused-ring (bicyclic) bond motifs is 1. The molecule has 0 aliphatic rings. The standard InChI is InChI=1S/C13H9BrN2O/c14-10-6-4-9(5-7-10)11-8-16-12(15-11)2-1-3-13(16)17/h1-8,15H. The smallest absolute Gasteiger partial charge is 0.256 e. The van der Waals surface area contributed by atoms with Gasteiger partial charge in [-0.15, -0.1) is 0 Å². The van der Waals surface area contributed by atoms with Gasteiger partial charge in [-0.25, -0.2) is 0 Å². The van der Waals surface area contributed by atoms with Crippen molar-refractivity contribution in [1.29, 1.82) is 0 Å². The largest absolute Gasteiger partial charge is 0.340 e. The zero-order chi connectivity index (χ0) is 11.8. The summed E-state index contributed by atoms with van der Waals surface area (Å²) in [6.07, 6.45) is 1.82. The van der Waals surface area contributed by atoms with Crippen LogP contribution in [0.4, 0.5) is 0 Å². The first-order valence-electron chi connectivity index (χ1n) is 5.20. The molecule has 17 heavy (non-hydrogen) atoms. The summed E-state index contributed by atoms with van der Waals surface area (Å²) < 4.78 is 2.65. The molecule has 4 heteroatoms. The van der Waals surface area contributed by atoms with E-state index in [2.05, 4.69) is 20.9 Å². The van der Waals surface area contributed by atoms with Gasteiger partial charge in [-0.05, 0) is 23.8 Å². The van der Waals surface area contributed by atoms with E-state index in [1.165, 1.54) is 0 Å². The van der Waals surface area contributed by atoms with Crippen molar-refractivity contribution in [3.63, 3.8) is 0 Å². The van der Waals surface area contributed by atoms with Crippen molar-refractivity contribution >= 4 is 21.6 Å². The van der Waals surface area contributed by atoms with Crippen LogP contribution < -0.4 is 5.56 Å². The number of aromatic amines is 1. The number of hydrogen-bond acceptors (Lipinski definition) is 1. The minimum atomic E-state index is -0.0258. The van der Waals surface area contributed by atoms with Crippen LogP contribution in [0.2, 0.25) is 0 Å². The molecule has 0 radical (unpaired) electrons. The molecule has 0 bridgehead atoms. The van der Waals surface area contributed by atoms with E-state index in [1.54, 1.807) is 16.5 Å². The zero-order valence-electron chi connectivity index (χ0n) is 8.85. The van der Waals surface area contributed by atoms with Crippen LogP contribution in [0, 0.1) is 0 Å². The van der Waals surface area contributed by atoms with Crippen LogP contribution >= 0.6 is 15.9 Å². The third kappa shape index (κ3) is 1.80. The average molecular weight is 289 g/mol. The Morgan fingerprint density at radius 3 is 2.53 bits per heavy atom. The third-order valence-electron chi connectivity index (χ3n) is 2.67. The first-order valence-corrected chi connectivity index (χ1v) is 6.00. The molecule has 0 spiro atoms. The van der Waals surface area contributed by atoms with Gasteiger partial charge in [-0.1, -0.05) is 34.1 Å². The van der Waals surface area contributed by atoms with Crippen LogP contribution in [0.5, 0.6) is 0 Å². The SMILES string of the molecule is O=c1cccc2[nH]c(-c3ccc(Br)cc3)cn12. The first-order chi connectivity index (χ1) is 8.24. The van der Waals surface area contributed by atoms with Gasteiger partial charge in [0.15, 0.2) is 0 Å². The van der Waals surface area contributed by atoms with Crippen molar-refractivity contribution in [2.45, 2.75) is 0 Å². The number of imidazole rings is 1. The van der Waals surface area contributed by atoms with Gasteiger partial charge in [0.2, 0.25) is 0 Å². The molecule has 0 aliphatic heterocycles. The van der Waals surface area contributed by atoms with E-state index in [4.69, 9.17) is 0 Å². The fraction of sp³-hybridized carbons (Fsp3) is 0.